The van der Waals surface area contributed by atoms with Crippen molar-refractivity contribution < 1.29 is 23.4 Å². The van der Waals surface area contributed by atoms with E-state index < -0.39 is 11.7 Å². The van der Waals surface area contributed by atoms with Crippen molar-refractivity contribution in [3.8, 4) is 34.0 Å². The third-order valence-electron chi connectivity index (χ3n) is 3.48. The summed E-state index contributed by atoms with van der Waals surface area (Å²) in [6, 6.07) is 13.5. The van der Waals surface area contributed by atoms with Crippen molar-refractivity contribution in [3.63, 3.8) is 0 Å². The van der Waals surface area contributed by atoms with Crippen molar-refractivity contribution in [2.75, 3.05) is 0 Å². The molecule has 1 heterocycles. The van der Waals surface area contributed by atoms with Crippen LogP contribution in [0.4, 0.5) is 13.2 Å². The highest BCUT2D eigenvalue weighted by Gasteiger charge is 2.31. The van der Waals surface area contributed by atoms with Gasteiger partial charge < -0.3 is 10.2 Å². The number of alkyl halides is 3. The Morgan fingerprint density at radius 1 is 0.667 bits per heavy atom. The minimum atomic E-state index is -4.51. The summed E-state index contributed by atoms with van der Waals surface area (Å²) in [5.74, 6) is 0.0361. The second kappa shape index (κ2) is 5.88. The topological polar surface area (TPSA) is 53.4 Å². The second-order valence-electron chi connectivity index (χ2n) is 5.22. The standard InChI is InChI=1S/C18H12F3NO2/c19-18(20,21)13-9-16(11-1-5-14(23)6-2-11)22-17(10-13)12-3-7-15(24)8-4-12/h1-10,23-24H. The van der Waals surface area contributed by atoms with E-state index in [4.69, 9.17) is 0 Å². The summed E-state index contributed by atoms with van der Waals surface area (Å²) in [6.45, 7) is 0. The van der Waals surface area contributed by atoms with Gasteiger partial charge in [0.25, 0.3) is 0 Å². The van der Waals surface area contributed by atoms with Crippen LogP contribution in [-0.4, -0.2) is 15.2 Å². The van der Waals surface area contributed by atoms with Gasteiger partial charge in [-0.15, -0.1) is 0 Å². The second-order valence-corrected chi connectivity index (χ2v) is 5.22. The lowest BCUT2D eigenvalue weighted by molar-refractivity contribution is -0.137. The molecule has 0 fully saturated rings. The van der Waals surface area contributed by atoms with E-state index in [1.54, 1.807) is 0 Å². The van der Waals surface area contributed by atoms with Crippen LogP contribution in [0.2, 0.25) is 0 Å². The molecule has 0 unspecified atom stereocenters. The maximum absolute atomic E-state index is 13.2. The van der Waals surface area contributed by atoms with Gasteiger partial charge in [-0.3, -0.25) is 0 Å². The zero-order chi connectivity index (χ0) is 17.3. The van der Waals surface area contributed by atoms with Crippen molar-refractivity contribution >= 4 is 0 Å². The average Bonchev–Trinajstić information content (AvgIpc) is 2.55. The van der Waals surface area contributed by atoms with E-state index in [2.05, 4.69) is 4.98 Å². The highest BCUT2D eigenvalue weighted by Crippen LogP contribution is 2.35. The zero-order valence-corrected chi connectivity index (χ0v) is 12.2. The summed E-state index contributed by atoms with van der Waals surface area (Å²) in [7, 11) is 0. The number of benzene rings is 2. The summed E-state index contributed by atoms with van der Waals surface area (Å²) in [5, 5.41) is 18.6. The number of hydrogen-bond acceptors (Lipinski definition) is 3. The summed E-state index contributed by atoms with van der Waals surface area (Å²) < 4.78 is 39.6. The molecule has 6 heteroatoms. The molecule has 2 aromatic carbocycles. The Morgan fingerprint density at radius 3 is 1.38 bits per heavy atom. The van der Waals surface area contributed by atoms with Crippen LogP contribution < -0.4 is 0 Å². The number of halogens is 3. The van der Waals surface area contributed by atoms with E-state index in [-0.39, 0.29) is 22.9 Å². The molecule has 0 aliphatic heterocycles. The monoisotopic (exact) mass is 331 g/mol. The molecule has 122 valence electrons. The molecular formula is C18H12F3NO2. The van der Waals surface area contributed by atoms with Gasteiger partial charge in [0.1, 0.15) is 11.5 Å². The van der Waals surface area contributed by atoms with Crippen molar-refractivity contribution in [1.82, 2.24) is 4.98 Å². The first-order valence-corrected chi connectivity index (χ1v) is 7.01. The van der Waals surface area contributed by atoms with Crippen LogP contribution in [-0.2, 0) is 6.18 Å². The number of pyridine rings is 1. The molecule has 0 saturated carbocycles. The normalized spacial score (nSPS) is 11.5. The Bertz CT molecular complexity index is 793. The van der Waals surface area contributed by atoms with E-state index in [1.165, 1.54) is 48.5 Å². The number of phenols is 2. The predicted molar refractivity (Wildman–Crippen MR) is 83.4 cm³/mol. The highest BCUT2D eigenvalue weighted by molar-refractivity contribution is 5.68. The summed E-state index contributed by atoms with van der Waals surface area (Å²) in [5.41, 5.74) is 0.391. The van der Waals surface area contributed by atoms with Crippen LogP contribution in [0.1, 0.15) is 5.56 Å². The van der Waals surface area contributed by atoms with Gasteiger partial charge in [0.05, 0.1) is 17.0 Å². The lowest BCUT2D eigenvalue weighted by atomic mass is 10.0. The van der Waals surface area contributed by atoms with Crippen LogP contribution >= 0.6 is 0 Å². The molecule has 0 aliphatic rings. The first kappa shape index (κ1) is 15.9. The molecule has 24 heavy (non-hydrogen) atoms. The molecule has 3 rings (SSSR count). The van der Waals surface area contributed by atoms with Gasteiger partial charge in [-0.25, -0.2) is 4.98 Å². The molecule has 2 N–H and O–H groups in total. The average molecular weight is 331 g/mol. The smallest absolute Gasteiger partial charge is 0.416 e. The van der Waals surface area contributed by atoms with Gasteiger partial charge in [0, 0.05) is 11.1 Å². The van der Waals surface area contributed by atoms with Crippen molar-refractivity contribution in [3.05, 3.63) is 66.2 Å². The number of hydrogen-bond donors (Lipinski definition) is 2. The molecule has 0 aliphatic carbocycles. The molecule has 3 nitrogen and oxygen atoms in total. The Balaban J connectivity index is 2.17. The largest absolute Gasteiger partial charge is 0.508 e. The molecule has 0 saturated heterocycles. The third kappa shape index (κ3) is 3.32. The first-order valence-electron chi connectivity index (χ1n) is 7.01. The lowest BCUT2D eigenvalue weighted by Crippen LogP contribution is -2.06. The van der Waals surface area contributed by atoms with Crippen molar-refractivity contribution in [2.24, 2.45) is 0 Å². The summed E-state index contributed by atoms with van der Waals surface area (Å²) >= 11 is 0. The molecule has 0 radical (unpaired) electrons. The molecule has 1 aromatic heterocycles. The van der Waals surface area contributed by atoms with Crippen LogP contribution in [0.3, 0.4) is 0 Å². The van der Waals surface area contributed by atoms with Gasteiger partial charge in [-0.05, 0) is 60.7 Å². The fourth-order valence-corrected chi connectivity index (χ4v) is 2.25. The fourth-order valence-electron chi connectivity index (χ4n) is 2.25. The van der Waals surface area contributed by atoms with E-state index in [9.17, 15) is 23.4 Å². The molecule has 0 spiro atoms. The zero-order valence-electron chi connectivity index (χ0n) is 12.2. The minimum Gasteiger partial charge on any atom is -0.508 e. The van der Waals surface area contributed by atoms with Crippen molar-refractivity contribution in [1.29, 1.82) is 0 Å². The Kier molecular flexibility index (Phi) is 3.89. The maximum Gasteiger partial charge on any atom is 0.416 e. The van der Waals surface area contributed by atoms with Crippen LogP contribution in [0.5, 0.6) is 11.5 Å². The molecule has 0 bridgehead atoms. The summed E-state index contributed by atoms with van der Waals surface area (Å²) in [6.07, 6.45) is -4.51. The van der Waals surface area contributed by atoms with Gasteiger partial charge in [-0.1, -0.05) is 0 Å². The molecule has 3 aromatic rings. The number of rotatable bonds is 2. The molecule has 0 atom stereocenters. The van der Waals surface area contributed by atoms with Crippen LogP contribution in [0.15, 0.2) is 60.7 Å². The predicted octanol–water partition coefficient (Wildman–Crippen LogP) is 4.85. The lowest BCUT2D eigenvalue weighted by Gasteiger charge is -2.12. The Labute approximate surface area is 135 Å². The van der Waals surface area contributed by atoms with Gasteiger partial charge >= 0.3 is 6.18 Å². The minimum absolute atomic E-state index is 0.0180. The number of aromatic nitrogens is 1. The Hall–Kier alpha value is -3.02. The number of phenolic OH excluding ortho intramolecular Hbond substituents is 2. The third-order valence-corrected chi connectivity index (χ3v) is 3.48. The van der Waals surface area contributed by atoms with Gasteiger partial charge in [0.15, 0.2) is 0 Å². The fraction of sp³-hybridized carbons (Fsp3) is 0.0556. The quantitative estimate of drug-likeness (QED) is 0.706. The maximum atomic E-state index is 13.2. The van der Waals surface area contributed by atoms with Gasteiger partial charge in [0.2, 0.25) is 0 Å². The number of aromatic hydroxyl groups is 2. The van der Waals surface area contributed by atoms with E-state index in [0.717, 1.165) is 12.1 Å². The Morgan fingerprint density at radius 2 is 1.04 bits per heavy atom. The van der Waals surface area contributed by atoms with Crippen molar-refractivity contribution in [2.45, 2.75) is 6.18 Å². The van der Waals surface area contributed by atoms with Gasteiger partial charge in [-0.2, -0.15) is 13.2 Å². The van der Waals surface area contributed by atoms with Crippen LogP contribution in [0, 0.1) is 0 Å². The first-order chi connectivity index (χ1) is 11.3. The number of nitrogens with zero attached hydrogens (tertiary/aromatic N) is 1. The molecular weight excluding hydrogens is 319 g/mol. The highest BCUT2D eigenvalue weighted by atomic mass is 19.4. The van der Waals surface area contributed by atoms with E-state index in [1.807, 2.05) is 0 Å². The van der Waals surface area contributed by atoms with E-state index >= 15 is 0 Å². The van der Waals surface area contributed by atoms with E-state index in [0.29, 0.717) is 11.1 Å². The van der Waals surface area contributed by atoms with Crippen LogP contribution in [0.25, 0.3) is 22.5 Å². The SMILES string of the molecule is Oc1ccc(-c2cc(C(F)(F)F)cc(-c3ccc(O)cc3)n2)cc1. The molecule has 0 amide bonds. The summed E-state index contributed by atoms with van der Waals surface area (Å²) in [4.78, 5) is 4.28.